The summed E-state index contributed by atoms with van der Waals surface area (Å²) in [5.74, 6) is 1.53. The second kappa shape index (κ2) is 4.81. The first-order valence-corrected chi connectivity index (χ1v) is 8.38. The van der Waals surface area contributed by atoms with E-state index in [-0.39, 0.29) is 5.41 Å². The average molecular weight is 291 g/mol. The number of rotatable bonds is 0. The van der Waals surface area contributed by atoms with E-state index in [4.69, 9.17) is 5.26 Å². The zero-order valence-corrected chi connectivity index (χ0v) is 13.1. The molecule has 0 radical (unpaired) electrons. The molecule has 3 atom stereocenters. The minimum atomic E-state index is 0.0656. The standard InChI is InChI=1S/C20H21NO/c1-20-10-8-17-16-6-4-15(22)12-13(16)2-5-18(17)19(20)7-3-14(20)9-11-21/h8-10,12,18-19H,2-7H2,1H3/b14-9+/t18-,19+,20-/m1/s1. The lowest BCUT2D eigenvalue weighted by Crippen LogP contribution is -2.34. The van der Waals surface area contributed by atoms with E-state index in [1.54, 1.807) is 6.08 Å². The number of hydrogen-bond donors (Lipinski definition) is 0. The molecule has 0 heterocycles. The molecule has 0 aromatic carbocycles. The van der Waals surface area contributed by atoms with Crippen molar-refractivity contribution in [2.45, 2.75) is 45.4 Å². The van der Waals surface area contributed by atoms with Crippen molar-refractivity contribution in [3.8, 4) is 6.07 Å². The molecule has 0 aromatic rings. The number of allylic oxidation sites excluding steroid dienone is 8. The minimum absolute atomic E-state index is 0.0656. The molecule has 2 nitrogen and oxygen atoms in total. The summed E-state index contributed by atoms with van der Waals surface area (Å²) < 4.78 is 0. The highest BCUT2D eigenvalue weighted by Crippen LogP contribution is 2.59. The van der Waals surface area contributed by atoms with Gasteiger partial charge in [0.15, 0.2) is 5.78 Å². The van der Waals surface area contributed by atoms with Gasteiger partial charge in [-0.1, -0.05) is 19.1 Å². The van der Waals surface area contributed by atoms with Gasteiger partial charge < -0.3 is 0 Å². The maximum Gasteiger partial charge on any atom is 0.156 e. The number of nitrogens with zero attached hydrogens (tertiary/aromatic N) is 1. The van der Waals surface area contributed by atoms with Crippen molar-refractivity contribution in [1.29, 1.82) is 5.26 Å². The normalized spacial score (nSPS) is 38.3. The topological polar surface area (TPSA) is 40.9 Å². The summed E-state index contributed by atoms with van der Waals surface area (Å²) in [6.07, 6.45) is 14.4. The lowest BCUT2D eigenvalue weighted by Gasteiger charge is -2.44. The van der Waals surface area contributed by atoms with Crippen molar-refractivity contribution in [1.82, 2.24) is 0 Å². The molecular formula is C20H21NO. The van der Waals surface area contributed by atoms with E-state index >= 15 is 0 Å². The fraction of sp³-hybridized carbons (Fsp3) is 0.500. The van der Waals surface area contributed by atoms with Crippen LogP contribution in [0.2, 0.25) is 0 Å². The molecule has 0 spiro atoms. The SMILES string of the molecule is C[C@]12C=CC3=C4CCC(=O)C=C4CC[C@H]3[C@@H]1CC/C2=C\C#N. The Bertz CT molecular complexity index is 712. The van der Waals surface area contributed by atoms with Crippen LogP contribution in [0.15, 0.2) is 46.6 Å². The van der Waals surface area contributed by atoms with Crippen molar-refractivity contribution in [3.63, 3.8) is 0 Å². The third kappa shape index (κ3) is 1.81. The number of fused-ring (bicyclic) bond motifs is 4. The lowest BCUT2D eigenvalue weighted by molar-refractivity contribution is -0.114. The summed E-state index contributed by atoms with van der Waals surface area (Å²) in [7, 11) is 0. The molecular weight excluding hydrogens is 270 g/mol. The summed E-state index contributed by atoms with van der Waals surface area (Å²) in [4.78, 5) is 11.7. The van der Waals surface area contributed by atoms with E-state index < -0.39 is 0 Å². The molecule has 0 aliphatic heterocycles. The quantitative estimate of drug-likeness (QED) is 0.620. The van der Waals surface area contributed by atoms with E-state index in [1.165, 1.54) is 28.7 Å². The van der Waals surface area contributed by atoms with Gasteiger partial charge in [0.05, 0.1) is 6.07 Å². The van der Waals surface area contributed by atoms with Crippen LogP contribution in [-0.2, 0) is 4.79 Å². The zero-order chi connectivity index (χ0) is 15.3. The smallest absolute Gasteiger partial charge is 0.156 e. The second-order valence-electron chi connectivity index (χ2n) is 7.27. The van der Waals surface area contributed by atoms with E-state index in [0.717, 1.165) is 25.7 Å². The Balaban J connectivity index is 1.81. The molecule has 0 saturated heterocycles. The Kier molecular flexibility index (Phi) is 3.01. The Morgan fingerprint density at radius 2 is 2.14 bits per heavy atom. The van der Waals surface area contributed by atoms with Crippen LogP contribution in [0, 0.1) is 28.6 Å². The maximum atomic E-state index is 11.7. The molecule has 22 heavy (non-hydrogen) atoms. The molecule has 0 amide bonds. The number of ketones is 1. The van der Waals surface area contributed by atoms with Crippen LogP contribution in [-0.4, -0.2) is 5.78 Å². The third-order valence-corrected chi connectivity index (χ3v) is 6.34. The van der Waals surface area contributed by atoms with Crippen molar-refractivity contribution < 1.29 is 4.79 Å². The number of carbonyl (C=O) groups is 1. The number of hydrogen-bond acceptors (Lipinski definition) is 2. The first-order chi connectivity index (χ1) is 10.6. The first kappa shape index (κ1) is 13.8. The Morgan fingerprint density at radius 1 is 1.27 bits per heavy atom. The van der Waals surface area contributed by atoms with Crippen LogP contribution in [0.4, 0.5) is 0 Å². The van der Waals surface area contributed by atoms with E-state index in [9.17, 15) is 4.79 Å². The van der Waals surface area contributed by atoms with Crippen molar-refractivity contribution in [2.24, 2.45) is 17.3 Å². The van der Waals surface area contributed by atoms with E-state index in [0.29, 0.717) is 24.0 Å². The molecule has 4 aliphatic carbocycles. The van der Waals surface area contributed by atoms with Crippen molar-refractivity contribution >= 4 is 5.78 Å². The summed E-state index contributed by atoms with van der Waals surface area (Å²) in [6.45, 7) is 2.31. The molecule has 0 aromatic heterocycles. The summed E-state index contributed by atoms with van der Waals surface area (Å²) in [5.41, 5.74) is 5.61. The van der Waals surface area contributed by atoms with Gasteiger partial charge in [-0.15, -0.1) is 0 Å². The predicted molar refractivity (Wildman–Crippen MR) is 85.7 cm³/mol. The highest BCUT2D eigenvalue weighted by Gasteiger charge is 2.48. The highest BCUT2D eigenvalue weighted by atomic mass is 16.1. The van der Waals surface area contributed by atoms with Crippen LogP contribution >= 0.6 is 0 Å². The fourth-order valence-electron chi connectivity index (χ4n) is 5.18. The highest BCUT2D eigenvalue weighted by molar-refractivity contribution is 5.93. The zero-order valence-electron chi connectivity index (χ0n) is 13.1. The largest absolute Gasteiger partial charge is 0.295 e. The van der Waals surface area contributed by atoms with Crippen LogP contribution in [0.3, 0.4) is 0 Å². The summed E-state index contributed by atoms with van der Waals surface area (Å²) in [6, 6.07) is 2.24. The molecule has 0 N–H and O–H groups in total. The molecule has 4 rings (SSSR count). The minimum Gasteiger partial charge on any atom is -0.295 e. The van der Waals surface area contributed by atoms with Crippen LogP contribution in [0.25, 0.3) is 0 Å². The van der Waals surface area contributed by atoms with Gasteiger partial charge in [-0.3, -0.25) is 4.79 Å². The van der Waals surface area contributed by atoms with Gasteiger partial charge in [-0.2, -0.15) is 5.26 Å². The predicted octanol–water partition coefficient (Wildman–Crippen LogP) is 4.42. The molecule has 1 saturated carbocycles. The van der Waals surface area contributed by atoms with Gasteiger partial charge in [0.1, 0.15) is 0 Å². The van der Waals surface area contributed by atoms with E-state index in [1.807, 2.05) is 6.08 Å². The van der Waals surface area contributed by atoms with Gasteiger partial charge in [0.2, 0.25) is 0 Å². The van der Waals surface area contributed by atoms with Crippen LogP contribution in [0.1, 0.15) is 45.4 Å². The number of nitriles is 1. The summed E-state index contributed by atoms with van der Waals surface area (Å²) >= 11 is 0. The lowest BCUT2D eigenvalue weighted by atomic mass is 9.60. The Hall–Kier alpha value is -1.88. The molecule has 112 valence electrons. The van der Waals surface area contributed by atoms with Gasteiger partial charge >= 0.3 is 0 Å². The Morgan fingerprint density at radius 3 is 2.95 bits per heavy atom. The fourth-order valence-corrected chi connectivity index (χ4v) is 5.18. The monoisotopic (exact) mass is 291 g/mol. The summed E-state index contributed by atoms with van der Waals surface area (Å²) in [5, 5.41) is 9.04. The Labute approximate surface area is 131 Å². The van der Waals surface area contributed by atoms with Gasteiger partial charge in [0.25, 0.3) is 0 Å². The first-order valence-electron chi connectivity index (χ1n) is 8.38. The molecule has 4 aliphatic rings. The van der Waals surface area contributed by atoms with E-state index in [2.05, 4.69) is 25.1 Å². The van der Waals surface area contributed by atoms with Gasteiger partial charge in [-0.05, 0) is 72.3 Å². The van der Waals surface area contributed by atoms with Crippen molar-refractivity contribution in [3.05, 3.63) is 46.6 Å². The molecule has 0 bridgehead atoms. The maximum absolute atomic E-state index is 11.7. The van der Waals surface area contributed by atoms with Gasteiger partial charge in [-0.25, -0.2) is 0 Å². The third-order valence-electron chi connectivity index (χ3n) is 6.34. The number of carbonyl (C=O) groups excluding carboxylic acids is 1. The van der Waals surface area contributed by atoms with Crippen molar-refractivity contribution in [2.75, 3.05) is 0 Å². The van der Waals surface area contributed by atoms with Gasteiger partial charge in [0, 0.05) is 17.9 Å². The molecule has 0 unspecified atom stereocenters. The average Bonchev–Trinajstić information content (AvgIpc) is 2.84. The van der Waals surface area contributed by atoms with Crippen LogP contribution in [0.5, 0.6) is 0 Å². The molecule has 2 heteroatoms. The van der Waals surface area contributed by atoms with Crippen LogP contribution < -0.4 is 0 Å². The second-order valence-corrected chi connectivity index (χ2v) is 7.27. The molecule has 1 fully saturated rings.